The van der Waals surface area contributed by atoms with Crippen LogP contribution in [0, 0.1) is 18.6 Å². The van der Waals surface area contributed by atoms with E-state index in [1.807, 2.05) is 17.0 Å². The number of anilines is 2. The van der Waals surface area contributed by atoms with Crippen LogP contribution in [0.2, 0.25) is 5.02 Å². The Kier molecular flexibility index (Phi) is 6.88. The molecule has 0 unspecified atom stereocenters. The number of nitrogens with zero attached hydrogens (tertiary/aromatic N) is 2. The van der Waals surface area contributed by atoms with Gasteiger partial charge in [0.2, 0.25) is 10.0 Å². The van der Waals surface area contributed by atoms with Gasteiger partial charge in [-0.05, 0) is 61.0 Å². The van der Waals surface area contributed by atoms with Crippen molar-refractivity contribution < 1.29 is 22.0 Å². The number of rotatable bonds is 5. The highest BCUT2D eigenvalue weighted by Crippen LogP contribution is 2.26. The predicted molar refractivity (Wildman–Crippen MR) is 128 cm³/mol. The third-order valence-electron chi connectivity index (χ3n) is 5.65. The second-order valence-corrected chi connectivity index (χ2v) is 10.3. The van der Waals surface area contributed by atoms with Gasteiger partial charge in [-0.25, -0.2) is 17.2 Å². The average Bonchev–Trinajstić information content (AvgIpc) is 2.81. The molecule has 0 aliphatic carbocycles. The van der Waals surface area contributed by atoms with Crippen molar-refractivity contribution in [2.45, 2.75) is 11.8 Å². The maximum atomic E-state index is 14.6. The molecule has 6 nitrogen and oxygen atoms in total. The van der Waals surface area contributed by atoms with Crippen LogP contribution in [0.4, 0.5) is 20.2 Å². The zero-order chi connectivity index (χ0) is 24.5. The summed E-state index contributed by atoms with van der Waals surface area (Å²) in [6.45, 7) is 2.69. The summed E-state index contributed by atoms with van der Waals surface area (Å²) in [5, 5.41) is 3.09. The maximum Gasteiger partial charge on any atom is 0.255 e. The van der Waals surface area contributed by atoms with Crippen LogP contribution in [0.1, 0.15) is 15.9 Å². The van der Waals surface area contributed by atoms with Crippen molar-refractivity contribution in [2.75, 3.05) is 36.4 Å². The summed E-state index contributed by atoms with van der Waals surface area (Å²) in [7, 11) is -4.18. The first-order valence-corrected chi connectivity index (χ1v) is 12.3. The average molecular weight is 506 g/mol. The summed E-state index contributed by atoms with van der Waals surface area (Å²) >= 11 is 6.04. The Labute approximate surface area is 201 Å². The highest BCUT2D eigenvalue weighted by Gasteiger charge is 2.31. The van der Waals surface area contributed by atoms with Gasteiger partial charge in [0.1, 0.15) is 16.5 Å². The molecule has 3 aromatic carbocycles. The fourth-order valence-corrected chi connectivity index (χ4v) is 5.41. The molecule has 178 valence electrons. The molecule has 1 aliphatic heterocycles. The van der Waals surface area contributed by atoms with E-state index < -0.39 is 32.5 Å². The lowest BCUT2D eigenvalue weighted by atomic mass is 10.2. The second kappa shape index (κ2) is 9.69. The molecule has 1 fully saturated rings. The van der Waals surface area contributed by atoms with E-state index in [4.69, 9.17) is 11.6 Å². The molecule has 1 amide bonds. The summed E-state index contributed by atoms with van der Waals surface area (Å²) in [5.41, 5.74) is 1.45. The Hall–Kier alpha value is -3.01. The van der Waals surface area contributed by atoms with E-state index in [-0.39, 0.29) is 24.3 Å². The number of hydrogen-bond acceptors (Lipinski definition) is 4. The number of halogens is 3. The number of amides is 1. The minimum Gasteiger partial charge on any atom is -0.369 e. The second-order valence-electron chi connectivity index (χ2n) is 7.93. The van der Waals surface area contributed by atoms with E-state index in [9.17, 15) is 22.0 Å². The van der Waals surface area contributed by atoms with Gasteiger partial charge in [-0.15, -0.1) is 0 Å². The number of piperazine rings is 1. The molecule has 1 aliphatic rings. The lowest BCUT2D eigenvalue weighted by molar-refractivity contribution is 0.102. The van der Waals surface area contributed by atoms with E-state index in [2.05, 4.69) is 5.32 Å². The van der Waals surface area contributed by atoms with E-state index in [1.165, 1.54) is 22.5 Å². The van der Waals surface area contributed by atoms with Crippen LogP contribution in [0.5, 0.6) is 0 Å². The Morgan fingerprint density at radius 2 is 1.68 bits per heavy atom. The van der Waals surface area contributed by atoms with Crippen molar-refractivity contribution in [1.29, 1.82) is 0 Å². The van der Waals surface area contributed by atoms with Gasteiger partial charge in [-0.2, -0.15) is 4.31 Å². The fourth-order valence-electron chi connectivity index (χ4n) is 3.71. The number of sulfonamides is 1. The monoisotopic (exact) mass is 505 g/mol. The molecule has 1 N–H and O–H groups in total. The molecule has 0 bridgehead atoms. The molecular formula is C24H22ClF2N3O3S. The molecule has 0 radical (unpaired) electrons. The first-order valence-electron chi connectivity index (χ1n) is 10.5. The summed E-state index contributed by atoms with van der Waals surface area (Å²) in [5.74, 6) is -2.11. The molecule has 1 heterocycles. The van der Waals surface area contributed by atoms with Crippen molar-refractivity contribution in [3.8, 4) is 0 Å². The number of nitrogens with one attached hydrogen (secondary N) is 1. The molecule has 0 saturated carbocycles. The van der Waals surface area contributed by atoms with Crippen LogP contribution in [-0.4, -0.2) is 44.8 Å². The van der Waals surface area contributed by atoms with E-state index in [0.29, 0.717) is 23.7 Å². The van der Waals surface area contributed by atoms with E-state index in [0.717, 1.165) is 23.9 Å². The van der Waals surface area contributed by atoms with Crippen LogP contribution < -0.4 is 10.2 Å². The van der Waals surface area contributed by atoms with Gasteiger partial charge in [0.25, 0.3) is 5.91 Å². The SMILES string of the molecule is Cc1ccc(NC(=O)c2ccc(F)c(S(=O)(=O)N3CCN(c4cccc(Cl)c4)CC3)c2)cc1F. The summed E-state index contributed by atoms with van der Waals surface area (Å²) in [6.07, 6.45) is 0. The number of benzene rings is 3. The van der Waals surface area contributed by atoms with Crippen molar-refractivity contribution in [3.05, 3.63) is 88.4 Å². The Balaban J connectivity index is 1.51. The van der Waals surface area contributed by atoms with Crippen LogP contribution >= 0.6 is 11.6 Å². The van der Waals surface area contributed by atoms with Gasteiger partial charge >= 0.3 is 0 Å². The molecule has 10 heteroatoms. The van der Waals surface area contributed by atoms with Crippen molar-refractivity contribution >= 4 is 38.9 Å². The Bertz CT molecular complexity index is 1340. The third-order valence-corrected chi connectivity index (χ3v) is 7.80. The van der Waals surface area contributed by atoms with E-state index >= 15 is 0 Å². The van der Waals surface area contributed by atoms with Crippen LogP contribution in [-0.2, 0) is 10.0 Å². The summed E-state index contributed by atoms with van der Waals surface area (Å²) in [4.78, 5) is 14.0. The molecule has 4 rings (SSSR count). The van der Waals surface area contributed by atoms with Crippen molar-refractivity contribution in [1.82, 2.24) is 4.31 Å². The van der Waals surface area contributed by atoms with Gasteiger partial charge in [0.15, 0.2) is 0 Å². The van der Waals surface area contributed by atoms with Gasteiger partial charge in [0, 0.05) is 48.1 Å². The zero-order valence-electron chi connectivity index (χ0n) is 18.3. The summed E-state index contributed by atoms with van der Waals surface area (Å²) < 4.78 is 55.9. The lowest BCUT2D eigenvalue weighted by Crippen LogP contribution is -2.48. The van der Waals surface area contributed by atoms with E-state index in [1.54, 1.807) is 19.1 Å². The predicted octanol–water partition coefficient (Wildman–Crippen LogP) is 4.69. The molecule has 1 saturated heterocycles. The van der Waals surface area contributed by atoms with Crippen LogP contribution in [0.3, 0.4) is 0 Å². The topological polar surface area (TPSA) is 69.7 Å². The Morgan fingerprint density at radius 1 is 0.941 bits per heavy atom. The quantitative estimate of drug-likeness (QED) is 0.546. The highest BCUT2D eigenvalue weighted by molar-refractivity contribution is 7.89. The highest BCUT2D eigenvalue weighted by atomic mass is 35.5. The zero-order valence-corrected chi connectivity index (χ0v) is 19.8. The Morgan fingerprint density at radius 3 is 2.35 bits per heavy atom. The number of aryl methyl sites for hydroxylation is 1. The maximum absolute atomic E-state index is 14.6. The van der Waals surface area contributed by atoms with Gasteiger partial charge in [0.05, 0.1) is 0 Å². The smallest absolute Gasteiger partial charge is 0.255 e. The number of carbonyl (C=O) groups is 1. The normalized spacial score (nSPS) is 14.8. The first kappa shape index (κ1) is 24.1. The molecule has 0 spiro atoms. The third kappa shape index (κ3) is 5.06. The van der Waals surface area contributed by atoms with Crippen molar-refractivity contribution in [3.63, 3.8) is 0 Å². The largest absolute Gasteiger partial charge is 0.369 e. The van der Waals surface area contributed by atoms with Gasteiger partial charge in [-0.1, -0.05) is 23.7 Å². The molecule has 3 aromatic rings. The van der Waals surface area contributed by atoms with Crippen LogP contribution in [0.15, 0.2) is 65.6 Å². The number of carbonyl (C=O) groups excluding carboxylic acids is 1. The van der Waals surface area contributed by atoms with Crippen LogP contribution in [0.25, 0.3) is 0 Å². The van der Waals surface area contributed by atoms with Gasteiger partial charge < -0.3 is 10.2 Å². The van der Waals surface area contributed by atoms with Crippen molar-refractivity contribution in [2.24, 2.45) is 0 Å². The minimum absolute atomic E-state index is 0.0569. The molecule has 0 aromatic heterocycles. The lowest BCUT2D eigenvalue weighted by Gasteiger charge is -2.35. The molecular weight excluding hydrogens is 484 g/mol. The minimum atomic E-state index is -4.18. The fraction of sp³-hybridized carbons (Fsp3) is 0.208. The molecule has 0 atom stereocenters. The summed E-state index contributed by atoms with van der Waals surface area (Å²) in [6, 6.07) is 14.6. The van der Waals surface area contributed by atoms with Gasteiger partial charge in [-0.3, -0.25) is 4.79 Å². The first-order chi connectivity index (χ1) is 16.1. The molecule has 34 heavy (non-hydrogen) atoms. The standard InChI is InChI=1S/C24H22ClF2N3O3S/c1-16-5-7-19(15-22(16)27)28-24(31)17-6-8-21(26)23(13-17)34(32,33)30-11-9-29(10-12-30)20-4-2-3-18(25)14-20/h2-8,13-15H,9-12H2,1H3,(H,28,31). The number of hydrogen-bond donors (Lipinski definition) is 1.